The van der Waals surface area contributed by atoms with E-state index in [2.05, 4.69) is 57.4 Å². The summed E-state index contributed by atoms with van der Waals surface area (Å²) in [5.74, 6) is 2.65. The first-order valence-corrected chi connectivity index (χ1v) is 7.82. The van der Waals surface area contributed by atoms with E-state index in [1.54, 1.807) is 0 Å². The molecule has 3 rings (SSSR count). The van der Waals surface area contributed by atoms with Crippen LogP contribution in [0.1, 0.15) is 26.2 Å². The lowest BCUT2D eigenvalue weighted by Gasteiger charge is -2.17. The number of hydrogen-bond donors (Lipinski definition) is 1. The highest BCUT2D eigenvalue weighted by Crippen LogP contribution is 2.32. The lowest BCUT2D eigenvalue weighted by Crippen LogP contribution is -2.17. The highest BCUT2D eigenvalue weighted by molar-refractivity contribution is 9.10. The van der Waals surface area contributed by atoms with Gasteiger partial charge in [0.05, 0.1) is 0 Å². The number of benzene rings is 1. The molecule has 0 bridgehead atoms. The highest BCUT2D eigenvalue weighted by atomic mass is 79.9. The standard InChI is InChI=1S/C16H19BrN2/c1-11-4-2-5-12(11)10-19-16-14-6-3-7-15(17)13(14)8-9-18-16/h3,6-9,11-12H,2,4-5,10H2,1H3,(H,18,19). The summed E-state index contributed by atoms with van der Waals surface area (Å²) in [7, 11) is 0. The van der Waals surface area contributed by atoms with Crippen LogP contribution >= 0.6 is 15.9 Å². The zero-order chi connectivity index (χ0) is 13.2. The molecule has 2 nitrogen and oxygen atoms in total. The largest absolute Gasteiger partial charge is 0.369 e. The predicted octanol–water partition coefficient (Wildman–Crippen LogP) is 4.85. The fourth-order valence-corrected chi connectivity index (χ4v) is 3.56. The topological polar surface area (TPSA) is 24.9 Å². The molecular weight excluding hydrogens is 300 g/mol. The number of aromatic nitrogens is 1. The van der Waals surface area contributed by atoms with Gasteiger partial charge < -0.3 is 5.32 Å². The first-order chi connectivity index (χ1) is 9.25. The molecule has 1 heterocycles. The van der Waals surface area contributed by atoms with Crippen molar-refractivity contribution in [2.75, 3.05) is 11.9 Å². The van der Waals surface area contributed by atoms with Crippen LogP contribution in [0.5, 0.6) is 0 Å². The summed E-state index contributed by atoms with van der Waals surface area (Å²) in [5, 5.41) is 5.97. The Morgan fingerprint density at radius 2 is 2.16 bits per heavy atom. The Morgan fingerprint density at radius 3 is 2.95 bits per heavy atom. The number of anilines is 1. The Bertz CT molecular complexity index is 582. The predicted molar refractivity (Wildman–Crippen MR) is 84.4 cm³/mol. The first kappa shape index (κ1) is 12.9. The van der Waals surface area contributed by atoms with Gasteiger partial charge in [-0.1, -0.05) is 47.8 Å². The van der Waals surface area contributed by atoms with Crippen LogP contribution in [-0.4, -0.2) is 11.5 Å². The second kappa shape index (κ2) is 5.49. The summed E-state index contributed by atoms with van der Waals surface area (Å²) >= 11 is 3.60. The lowest BCUT2D eigenvalue weighted by atomic mass is 9.98. The molecule has 0 radical (unpaired) electrons. The zero-order valence-corrected chi connectivity index (χ0v) is 12.8. The molecule has 2 atom stereocenters. The molecule has 1 fully saturated rings. The summed E-state index contributed by atoms with van der Waals surface area (Å²) < 4.78 is 1.13. The molecule has 1 aromatic heterocycles. The van der Waals surface area contributed by atoms with Gasteiger partial charge in [-0.3, -0.25) is 0 Å². The molecule has 0 saturated heterocycles. The minimum Gasteiger partial charge on any atom is -0.369 e. The van der Waals surface area contributed by atoms with Crippen molar-refractivity contribution in [3.05, 3.63) is 34.9 Å². The van der Waals surface area contributed by atoms with E-state index in [1.807, 2.05) is 6.20 Å². The van der Waals surface area contributed by atoms with Crippen molar-refractivity contribution in [3.8, 4) is 0 Å². The van der Waals surface area contributed by atoms with Gasteiger partial charge in [0.2, 0.25) is 0 Å². The van der Waals surface area contributed by atoms with Crippen LogP contribution in [0.2, 0.25) is 0 Å². The third-order valence-electron chi connectivity index (χ3n) is 4.32. The maximum Gasteiger partial charge on any atom is 0.133 e. The van der Waals surface area contributed by atoms with Crippen molar-refractivity contribution in [2.45, 2.75) is 26.2 Å². The molecule has 2 unspecified atom stereocenters. The number of fused-ring (bicyclic) bond motifs is 1. The Balaban J connectivity index is 1.83. The molecule has 0 amide bonds. The van der Waals surface area contributed by atoms with E-state index in [1.165, 1.54) is 30.0 Å². The quantitative estimate of drug-likeness (QED) is 0.875. The van der Waals surface area contributed by atoms with Crippen LogP contribution in [0.3, 0.4) is 0 Å². The van der Waals surface area contributed by atoms with Crippen LogP contribution in [0.25, 0.3) is 10.8 Å². The molecule has 0 spiro atoms. The Kier molecular flexibility index (Phi) is 3.74. The highest BCUT2D eigenvalue weighted by Gasteiger charge is 2.23. The lowest BCUT2D eigenvalue weighted by molar-refractivity contribution is 0.439. The average molecular weight is 319 g/mol. The third kappa shape index (κ3) is 2.62. The van der Waals surface area contributed by atoms with Gasteiger partial charge in [-0.15, -0.1) is 0 Å². The summed E-state index contributed by atoms with van der Waals surface area (Å²) in [6.45, 7) is 3.41. The maximum atomic E-state index is 4.50. The van der Waals surface area contributed by atoms with Crippen molar-refractivity contribution >= 4 is 32.5 Å². The monoisotopic (exact) mass is 318 g/mol. The van der Waals surface area contributed by atoms with Gasteiger partial charge in [0.1, 0.15) is 5.82 Å². The van der Waals surface area contributed by atoms with E-state index in [9.17, 15) is 0 Å². The minimum absolute atomic E-state index is 0.796. The van der Waals surface area contributed by atoms with Gasteiger partial charge >= 0.3 is 0 Å². The molecule has 3 heteroatoms. The van der Waals surface area contributed by atoms with Crippen LogP contribution in [-0.2, 0) is 0 Å². The molecule has 1 aliphatic carbocycles. The molecule has 1 aliphatic rings. The molecule has 19 heavy (non-hydrogen) atoms. The summed E-state index contributed by atoms with van der Waals surface area (Å²) in [4.78, 5) is 4.50. The number of nitrogens with one attached hydrogen (secondary N) is 1. The third-order valence-corrected chi connectivity index (χ3v) is 5.02. The van der Waals surface area contributed by atoms with E-state index in [4.69, 9.17) is 0 Å². The Morgan fingerprint density at radius 1 is 1.26 bits per heavy atom. The van der Waals surface area contributed by atoms with Gasteiger partial charge in [0.25, 0.3) is 0 Å². The van der Waals surface area contributed by atoms with Gasteiger partial charge in [0.15, 0.2) is 0 Å². The second-order valence-corrected chi connectivity index (χ2v) is 6.40. The smallest absolute Gasteiger partial charge is 0.133 e. The van der Waals surface area contributed by atoms with E-state index < -0.39 is 0 Å². The molecule has 0 aliphatic heterocycles. The summed E-state index contributed by atoms with van der Waals surface area (Å²) in [6, 6.07) is 8.33. The van der Waals surface area contributed by atoms with Gasteiger partial charge in [-0.25, -0.2) is 4.98 Å². The van der Waals surface area contributed by atoms with E-state index in [0.717, 1.165) is 28.7 Å². The van der Waals surface area contributed by atoms with Crippen molar-refractivity contribution in [1.29, 1.82) is 0 Å². The fraction of sp³-hybridized carbons (Fsp3) is 0.438. The molecule has 100 valence electrons. The van der Waals surface area contributed by atoms with Gasteiger partial charge in [-0.05, 0) is 30.4 Å². The molecule has 2 aromatic rings. The number of rotatable bonds is 3. The van der Waals surface area contributed by atoms with Crippen molar-refractivity contribution in [1.82, 2.24) is 4.98 Å². The maximum absolute atomic E-state index is 4.50. The van der Waals surface area contributed by atoms with Crippen molar-refractivity contribution in [2.24, 2.45) is 11.8 Å². The fourth-order valence-electron chi connectivity index (χ4n) is 3.06. The van der Waals surface area contributed by atoms with E-state index >= 15 is 0 Å². The molecular formula is C16H19BrN2. The van der Waals surface area contributed by atoms with Gasteiger partial charge in [0, 0.05) is 28.0 Å². The van der Waals surface area contributed by atoms with E-state index in [-0.39, 0.29) is 0 Å². The number of halogens is 1. The molecule has 1 saturated carbocycles. The van der Waals surface area contributed by atoms with Crippen LogP contribution in [0.15, 0.2) is 34.9 Å². The van der Waals surface area contributed by atoms with Gasteiger partial charge in [-0.2, -0.15) is 0 Å². The summed E-state index contributed by atoms with van der Waals surface area (Å²) in [6.07, 6.45) is 5.99. The normalized spacial score (nSPS) is 22.8. The minimum atomic E-state index is 0.796. The molecule has 1 aromatic carbocycles. The zero-order valence-electron chi connectivity index (χ0n) is 11.2. The number of pyridine rings is 1. The molecule has 1 N–H and O–H groups in total. The average Bonchev–Trinajstić information content (AvgIpc) is 2.82. The second-order valence-electron chi connectivity index (χ2n) is 5.54. The SMILES string of the molecule is CC1CCCC1CNc1nccc2c(Br)cccc12. The van der Waals surface area contributed by atoms with Crippen LogP contribution in [0.4, 0.5) is 5.82 Å². The van der Waals surface area contributed by atoms with Crippen molar-refractivity contribution < 1.29 is 0 Å². The Labute approximate surface area is 122 Å². The number of nitrogens with zero attached hydrogens (tertiary/aromatic N) is 1. The Hall–Kier alpha value is -1.09. The van der Waals surface area contributed by atoms with E-state index in [0.29, 0.717) is 0 Å². The van der Waals surface area contributed by atoms with Crippen molar-refractivity contribution in [3.63, 3.8) is 0 Å². The number of hydrogen-bond acceptors (Lipinski definition) is 2. The van der Waals surface area contributed by atoms with Crippen LogP contribution in [0, 0.1) is 11.8 Å². The summed E-state index contributed by atoms with van der Waals surface area (Å²) in [5.41, 5.74) is 0. The van der Waals surface area contributed by atoms with Crippen LogP contribution < -0.4 is 5.32 Å². The first-order valence-electron chi connectivity index (χ1n) is 7.03.